The van der Waals surface area contributed by atoms with Crippen LogP contribution in [0, 0.1) is 0 Å². The summed E-state index contributed by atoms with van der Waals surface area (Å²) in [5, 5.41) is 9.75. The fourth-order valence-corrected chi connectivity index (χ4v) is 2.37. The van der Waals surface area contributed by atoms with Gasteiger partial charge in [0.15, 0.2) is 0 Å². The van der Waals surface area contributed by atoms with E-state index in [0.717, 1.165) is 10.0 Å². The molecule has 0 spiro atoms. The molecule has 1 nitrogen and oxygen atoms in total. The van der Waals surface area contributed by atoms with Crippen molar-refractivity contribution in [3.05, 3.63) is 28.2 Å². The Labute approximate surface area is 91.7 Å². The second-order valence-corrected chi connectivity index (χ2v) is 5.11. The molecule has 0 unspecified atom stereocenters. The average molecular weight is 261 g/mol. The van der Waals surface area contributed by atoms with Crippen LogP contribution in [-0.2, 0) is 5.60 Å². The van der Waals surface area contributed by atoms with Crippen LogP contribution in [0.5, 0.6) is 0 Å². The Morgan fingerprint density at radius 3 is 2.38 bits per heavy atom. The summed E-state index contributed by atoms with van der Waals surface area (Å²) in [7, 11) is 0. The summed E-state index contributed by atoms with van der Waals surface area (Å²) >= 11 is 5.15. The largest absolute Gasteiger partial charge is 0.386 e. The standard InChI is InChI=1S/C10H13BrOS/c1-10(2,12)7-4-5-9(13-3)8(11)6-7/h4-6,12H,1-3H3. The molecule has 0 aliphatic carbocycles. The zero-order valence-corrected chi connectivity index (χ0v) is 10.4. The zero-order valence-electron chi connectivity index (χ0n) is 7.97. The first-order valence-corrected chi connectivity index (χ1v) is 6.03. The highest BCUT2D eigenvalue weighted by atomic mass is 79.9. The molecule has 0 aromatic heterocycles. The molecule has 1 aromatic carbocycles. The Kier molecular flexibility index (Phi) is 3.44. The number of halogens is 1. The fraction of sp³-hybridized carbons (Fsp3) is 0.400. The maximum atomic E-state index is 9.75. The lowest BCUT2D eigenvalue weighted by molar-refractivity contribution is 0.0785. The van der Waals surface area contributed by atoms with Gasteiger partial charge in [-0.15, -0.1) is 11.8 Å². The van der Waals surface area contributed by atoms with Crippen LogP contribution in [0.25, 0.3) is 0 Å². The Bertz CT molecular complexity index is 304. The first kappa shape index (κ1) is 11.1. The monoisotopic (exact) mass is 260 g/mol. The SMILES string of the molecule is CSc1ccc(C(C)(C)O)cc1Br. The highest BCUT2D eigenvalue weighted by Gasteiger charge is 2.16. The van der Waals surface area contributed by atoms with E-state index in [9.17, 15) is 5.11 Å². The van der Waals surface area contributed by atoms with Gasteiger partial charge in [0.2, 0.25) is 0 Å². The van der Waals surface area contributed by atoms with E-state index >= 15 is 0 Å². The summed E-state index contributed by atoms with van der Waals surface area (Å²) in [5.41, 5.74) is 0.164. The van der Waals surface area contributed by atoms with Crippen LogP contribution in [0.1, 0.15) is 19.4 Å². The minimum absolute atomic E-state index is 0.764. The molecule has 0 saturated carbocycles. The number of hydrogen-bond donors (Lipinski definition) is 1. The highest BCUT2D eigenvalue weighted by Crippen LogP contribution is 2.30. The lowest BCUT2D eigenvalue weighted by Gasteiger charge is -2.18. The van der Waals surface area contributed by atoms with Crippen molar-refractivity contribution in [1.29, 1.82) is 0 Å². The van der Waals surface area contributed by atoms with E-state index < -0.39 is 5.60 Å². The number of thioether (sulfide) groups is 1. The molecular formula is C10H13BrOS. The van der Waals surface area contributed by atoms with Gasteiger partial charge in [0.25, 0.3) is 0 Å². The van der Waals surface area contributed by atoms with E-state index in [2.05, 4.69) is 15.9 Å². The fourth-order valence-electron chi connectivity index (χ4n) is 1.05. The number of hydrogen-bond acceptors (Lipinski definition) is 2. The molecule has 0 radical (unpaired) electrons. The molecule has 1 aromatic rings. The number of benzene rings is 1. The first-order chi connectivity index (χ1) is 5.95. The average Bonchev–Trinajstić information content (AvgIpc) is 2.02. The summed E-state index contributed by atoms with van der Waals surface area (Å²) in [6, 6.07) is 5.94. The molecule has 0 saturated heterocycles. The summed E-state index contributed by atoms with van der Waals surface area (Å²) in [6.45, 7) is 3.57. The van der Waals surface area contributed by atoms with Crippen molar-refractivity contribution in [2.24, 2.45) is 0 Å². The van der Waals surface area contributed by atoms with Gasteiger partial charge in [-0.1, -0.05) is 6.07 Å². The van der Waals surface area contributed by atoms with E-state index in [4.69, 9.17) is 0 Å². The molecule has 3 heteroatoms. The molecule has 0 fully saturated rings. The molecule has 72 valence electrons. The van der Waals surface area contributed by atoms with Gasteiger partial charge in [0, 0.05) is 9.37 Å². The van der Waals surface area contributed by atoms with E-state index in [1.54, 1.807) is 25.6 Å². The van der Waals surface area contributed by atoms with E-state index in [1.807, 2.05) is 24.5 Å². The van der Waals surface area contributed by atoms with Crippen LogP contribution >= 0.6 is 27.7 Å². The van der Waals surface area contributed by atoms with Crippen molar-refractivity contribution in [3.8, 4) is 0 Å². The number of rotatable bonds is 2. The van der Waals surface area contributed by atoms with Crippen molar-refractivity contribution in [1.82, 2.24) is 0 Å². The topological polar surface area (TPSA) is 20.2 Å². The molecule has 0 heterocycles. The quantitative estimate of drug-likeness (QED) is 0.823. The van der Waals surface area contributed by atoms with Gasteiger partial charge in [-0.2, -0.15) is 0 Å². The predicted molar refractivity (Wildman–Crippen MR) is 61.2 cm³/mol. The summed E-state index contributed by atoms with van der Waals surface area (Å²) in [6.07, 6.45) is 2.03. The van der Waals surface area contributed by atoms with Crippen LogP contribution in [-0.4, -0.2) is 11.4 Å². The van der Waals surface area contributed by atoms with Crippen LogP contribution in [0.15, 0.2) is 27.6 Å². The van der Waals surface area contributed by atoms with Gasteiger partial charge in [0.1, 0.15) is 0 Å². The molecular weight excluding hydrogens is 248 g/mol. The van der Waals surface area contributed by atoms with Crippen LogP contribution in [0.2, 0.25) is 0 Å². The van der Waals surface area contributed by atoms with Gasteiger partial charge in [-0.05, 0) is 53.7 Å². The third kappa shape index (κ3) is 2.73. The van der Waals surface area contributed by atoms with E-state index in [0.29, 0.717) is 0 Å². The minimum atomic E-state index is -0.764. The van der Waals surface area contributed by atoms with Crippen LogP contribution in [0.3, 0.4) is 0 Å². The lowest BCUT2D eigenvalue weighted by Crippen LogP contribution is -2.15. The first-order valence-electron chi connectivity index (χ1n) is 4.01. The Balaban J connectivity index is 3.10. The van der Waals surface area contributed by atoms with Crippen LogP contribution < -0.4 is 0 Å². The maximum Gasteiger partial charge on any atom is 0.0840 e. The van der Waals surface area contributed by atoms with Crippen LogP contribution in [0.4, 0.5) is 0 Å². The molecule has 0 aliphatic heterocycles. The maximum absolute atomic E-state index is 9.75. The van der Waals surface area contributed by atoms with Crippen molar-refractivity contribution in [3.63, 3.8) is 0 Å². The molecule has 1 rings (SSSR count). The molecule has 0 bridgehead atoms. The summed E-state index contributed by atoms with van der Waals surface area (Å²) < 4.78 is 1.04. The third-order valence-corrected chi connectivity index (χ3v) is 3.57. The Morgan fingerprint density at radius 2 is 2.00 bits per heavy atom. The van der Waals surface area contributed by atoms with Gasteiger partial charge >= 0.3 is 0 Å². The molecule has 0 amide bonds. The molecule has 0 atom stereocenters. The van der Waals surface area contributed by atoms with Gasteiger partial charge < -0.3 is 5.11 Å². The predicted octanol–water partition coefficient (Wildman–Crippen LogP) is 3.40. The van der Waals surface area contributed by atoms with Crippen molar-refractivity contribution < 1.29 is 5.11 Å². The normalized spacial score (nSPS) is 11.8. The Morgan fingerprint density at radius 1 is 1.38 bits per heavy atom. The third-order valence-electron chi connectivity index (χ3n) is 1.86. The van der Waals surface area contributed by atoms with E-state index in [-0.39, 0.29) is 0 Å². The molecule has 0 aliphatic rings. The van der Waals surface area contributed by atoms with Crippen molar-refractivity contribution in [2.75, 3.05) is 6.26 Å². The smallest absolute Gasteiger partial charge is 0.0840 e. The zero-order chi connectivity index (χ0) is 10.1. The Hall–Kier alpha value is 0.01000. The second kappa shape index (κ2) is 4.03. The molecule has 1 N–H and O–H groups in total. The minimum Gasteiger partial charge on any atom is -0.386 e. The number of aliphatic hydroxyl groups is 1. The van der Waals surface area contributed by atoms with Gasteiger partial charge in [0.05, 0.1) is 5.60 Å². The summed E-state index contributed by atoms with van der Waals surface area (Å²) in [4.78, 5) is 1.19. The van der Waals surface area contributed by atoms with Gasteiger partial charge in [-0.25, -0.2) is 0 Å². The lowest BCUT2D eigenvalue weighted by atomic mass is 9.99. The summed E-state index contributed by atoms with van der Waals surface area (Å²) in [5.74, 6) is 0. The van der Waals surface area contributed by atoms with Gasteiger partial charge in [-0.3, -0.25) is 0 Å². The second-order valence-electron chi connectivity index (χ2n) is 3.41. The molecule has 13 heavy (non-hydrogen) atoms. The highest BCUT2D eigenvalue weighted by molar-refractivity contribution is 9.10. The van der Waals surface area contributed by atoms with Crippen molar-refractivity contribution >= 4 is 27.7 Å². The van der Waals surface area contributed by atoms with Crippen molar-refractivity contribution in [2.45, 2.75) is 24.3 Å². The van der Waals surface area contributed by atoms with E-state index in [1.165, 1.54) is 4.90 Å².